The lowest BCUT2D eigenvalue weighted by Crippen LogP contribution is -2.42. The number of likely N-dealkylation sites (tertiary alicyclic amines) is 1. The van der Waals surface area contributed by atoms with Gasteiger partial charge in [-0.1, -0.05) is 0 Å². The fourth-order valence-electron chi connectivity index (χ4n) is 3.73. The van der Waals surface area contributed by atoms with E-state index in [1.807, 2.05) is 25.1 Å². The number of aromatic nitrogens is 2. The van der Waals surface area contributed by atoms with E-state index in [2.05, 4.69) is 5.10 Å². The second kappa shape index (κ2) is 6.01. The number of nitrogens with zero attached hydrogens (tertiary/aromatic N) is 3. The number of rotatable bonds is 4. The maximum Gasteiger partial charge on any atom is 0.223 e. The van der Waals surface area contributed by atoms with E-state index in [0.29, 0.717) is 19.5 Å². The summed E-state index contributed by atoms with van der Waals surface area (Å²) in [6, 6.07) is 0. The predicted octanol–water partition coefficient (Wildman–Crippen LogP) is 1.07. The molecule has 3 rings (SSSR count). The van der Waals surface area contributed by atoms with Gasteiger partial charge in [-0.15, -0.1) is 0 Å². The zero-order valence-electron chi connectivity index (χ0n) is 13.7. The van der Waals surface area contributed by atoms with Gasteiger partial charge in [-0.3, -0.25) is 9.48 Å². The third-order valence-corrected chi connectivity index (χ3v) is 4.93. The monoisotopic (exact) mass is 307 g/mol. The van der Waals surface area contributed by atoms with Crippen LogP contribution in [0.2, 0.25) is 0 Å². The minimum atomic E-state index is -0.269. The smallest absolute Gasteiger partial charge is 0.223 e. The molecule has 122 valence electrons. The first-order valence-corrected chi connectivity index (χ1v) is 7.98. The Balaban J connectivity index is 1.60. The molecule has 0 aliphatic carbocycles. The summed E-state index contributed by atoms with van der Waals surface area (Å²) in [4.78, 5) is 14.4. The number of methoxy groups -OCH3 is 1. The Hall–Kier alpha value is -1.40. The van der Waals surface area contributed by atoms with Crippen molar-refractivity contribution in [3.63, 3.8) is 0 Å². The minimum absolute atomic E-state index is 0.000854. The molecule has 0 saturated carbocycles. The van der Waals surface area contributed by atoms with Crippen molar-refractivity contribution in [3.05, 3.63) is 17.5 Å². The van der Waals surface area contributed by atoms with Gasteiger partial charge in [-0.05, 0) is 31.7 Å². The van der Waals surface area contributed by atoms with Crippen LogP contribution < -0.4 is 0 Å². The lowest BCUT2D eigenvalue weighted by Gasteiger charge is -2.27. The Morgan fingerprint density at radius 2 is 2.41 bits per heavy atom. The number of amides is 1. The molecule has 3 heterocycles. The fraction of sp³-hybridized carbons (Fsp3) is 0.750. The average molecular weight is 307 g/mol. The Kier molecular flexibility index (Phi) is 4.23. The second-order valence-corrected chi connectivity index (χ2v) is 6.43. The van der Waals surface area contributed by atoms with Crippen molar-refractivity contribution in [3.8, 4) is 0 Å². The van der Waals surface area contributed by atoms with Crippen molar-refractivity contribution < 1.29 is 14.3 Å². The van der Waals surface area contributed by atoms with Gasteiger partial charge in [0.2, 0.25) is 5.91 Å². The molecule has 0 unspecified atom stereocenters. The Morgan fingerprint density at radius 1 is 1.59 bits per heavy atom. The highest BCUT2D eigenvalue weighted by atomic mass is 16.6. The predicted molar refractivity (Wildman–Crippen MR) is 81.6 cm³/mol. The number of aryl methyl sites for hydroxylation is 3. The summed E-state index contributed by atoms with van der Waals surface area (Å²) in [6.45, 7) is 4.06. The molecule has 2 atom stereocenters. The molecular weight excluding hydrogens is 282 g/mol. The van der Waals surface area contributed by atoms with Gasteiger partial charge < -0.3 is 14.4 Å². The van der Waals surface area contributed by atoms with E-state index < -0.39 is 0 Å². The van der Waals surface area contributed by atoms with E-state index in [9.17, 15) is 4.79 Å². The van der Waals surface area contributed by atoms with Crippen LogP contribution in [0.5, 0.6) is 0 Å². The molecule has 6 heteroatoms. The van der Waals surface area contributed by atoms with Crippen LogP contribution in [0.3, 0.4) is 0 Å². The topological polar surface area (TPSA) is 56.6 Å². The van der Waals surface area contributed by atoms with Crippen LogP contribution in [-0.2, 0) is 27.7 Å². The largest absolute Gasteiger partial charge is 0.377 e. The van der Waals surface area contributed by atoms with Gasteiger partial charge in [0, 0.05) is 39.9 Å². The maximum atomic E-state index is 12.5. The lowest BCUT2D eigenvalue weighted by atomic mass is 9.96. The SMILES string of the molecule is CO[C@H]1CN(C(=O)CCc2cn(C)nc2C)C[C@@]12CCCO2. The molecule has 0 bridgehead atoms. The van der Waals surface area contributed by atoms with E-state index >= 15 is 0 Å². The van der Waals surface area contributed by atoms with Crippen molar-refractivity contribution in [1.82, 2.24) is 14.7 Å². The van der Waals surface area contributed by atoms with Crippen molar-refractivity contribution in [1.29, 1.82) is 0 Å². The summed E-state index contributed by atoms with van der Waals surface area (Å²) in [5.74, 6) is 0.178. The first kappa shape index (κ1) is 15.5. The third kappa shape index (κ3) is 2.77. The standard InChI is InChI=1S/C16H25N3O3/c1-12-13(9-18(2)17-12)5-6-15(20)19-10-14(21-3)16(11-19)7-4-8-22-16/h9,14H,4-8,10-11H2,1-3H3/t14-,16-/m0/s1. The van der Waals surface area contributed by atoms with Crippen LogP contribution in [0, 0.1) is 6.92 Å². The van der Waals surface area contributed by atoms with E-state index in [4.69, 9.17) is 9.47 Å². The van der Waals surface area contributed by atoms with Crippen molar-refractivity contribution in [2.24, 2.45) is 7.05 Å². The average Bonchev–Trinajstić information content (AvgIpc) is 3.18. The summed E-state index contributed by atoms with van der Waals surface area (Å²) in [6.07, 6.45) is 5.28. The van der Waals surface area contributed by atoms with Crippen LogP contribution in [0.4, 0.5) is 0 Å². The van der Waals surface area contributed by atoms with Crippen molar-refractivity contribution in [2.75, 3.05) is 26.8 Å². The van der Waals surface area contributed by atoms with Crippen LogP contribution in [0.25, 0.3) is 0 Å². The molecule has 2 aliphatic rings. The normalized spacial score (nSPS) is 28.0. The van der Waals surface area contributed by atoms with E-state index in [1.54, 1.807) is 11.8 Å². The van der Waals surface area contributed by atoms with E-state index in [-0.39, 0.29) is 17.6 Å². The van der Waals surface area contributed by atoms with Crippen LogP contribution >= 0.6 is 0 Å². The van der Waals surface area contributed by atoms with Gasteiger partial charge in [0.15, 0.2) is 0 Å². The van der Waals surface area contributed by atoms with Crippen molar-refractivity contribution >= 4 is 5.91 Å². The number of ether oxygens (including phenoxy) is 2. The minimum Gasteiger partial charge on any atom is -0.377 e. The number of hydrogen-bond donors (Lipinski definition) is 0. The second-order valence-electron chi connectivity index (χ2n) is 6.43. The van der Waals surface area contributed by atoms with Gasteiger partial charge in [0.05, 0.1) is 12.2 Å². The first-order valence-electron chi connectivity index (χ1n) is 7.98. The van der Waals surface area contributed by atoms with Gasteiger partial charge >= 0.3 is 0 Å². The summed E-state index contributed by atoms with van der Waals surface area (Å²) in [7, 11) is 3.62. The summed E-state index contributed by atoms with van der Waals surface area (Å²) < 4.78 is 13.3. The Bertz CT molecular complexity index is 549. The number of carbonyl (C=O) groups excluding carboxylic acids is 1. The molecule has 2 saturated heterocycles. The van der Waals surface area contributed by atoms with Gasteiger partial charge in [0.1, 0.15) is 11.7 Å². The van der Waals surface area contributed by atoms with Gasteiger partial charge in [-0.2, -0.15) is 5.10 Å². The molecule has 1 aromatic heterocycles. The van der Waals surface area contributed by atoms with Gasteiger partial charge in [-0.25, -0.2) is 0 Å². The number of carbonyl (C=O) groups is 1. The molecule has 1 spiro atoms. The molecule has 1 amide bonds. The first-order chi connectivity index (χ1) is 10.5. The Morgan fingerprint density at radius 3 is 3.00 bits per heavy atom. The maximum absolute atomic E-state index is 12.5. The molecule has 6 nitrogen and oxygen atoms in total. The van der Waals surface area contributed by atoms with E-state index in [0.717, 1.165) is 37.1 Å². The van der Waals surface area contributed by atoms with Crippen molar-refractivity contribution in [2.45, 2.75) is 44.3 Å². The molecule has 0 radical (unpaired) electrons. The third-order valence-electron chi connectivity index (χ3n) is 4.93. The van der Waals surface area contributed by atoms with Crippen LogP contribution in [0.15, 0.2) is 6.20 Å². The van der Waals surface area contributed by atoms with Crippen LogP contribution in [-0.4, -0.2) is 59.1 Å². The Labute approximate surface area is 131 Å². The molecule has 2 fully saturated rings. The molecule has 22 heavy (non-hydrogen) atoms. The quantitative estimate of drug-likeness (QED) is 0.835. The highest BCUT2D eigenvalue weighted by Gasteiger charge is 2.51. The zero-order valence-corrected chi connectivity index (χ0v) is 13.7. The highest BCUT2D eigenvalue weighted by Crippen LogP contribution is 2.36. The number of hydrogen-bond acceptors (Lipinski definition) is 4. The molecule has 1 aromatic rings. The van der Waals surface area contributed by atoms with Crippen LogP contribution in [0.1, 0.15) is 30.5 Å². The highest BCUT2D eigenvalue weighted by molar-refractivity contribution is 5.77. The summed E-state index contributed by atoms with van der Waals surface area (Å²) in [5, 5.41) is 4.32. The van der Waals surface area contributed by atoms with Gasteiger partial charge in [0.25, 0.3) is 0 Å². The molecule has 0 N–H and O–H groups in total. The molecule has 2 aliphatic heterocycles. The van der Waals surface area contributed by atoms with E-state index in [1.165, 1.54) is 0 Å². The zero-order chi connectivity index (χ0) is 15.7. The molecule has 0 aromatic carbocycles. The summed E-state index contributed by atoms with van der Waals surface area (Å²) in [5.41, 5.74) is 1.88. The fourth-order valence-corrected chi connectivity index (χ4v) is 3.73. The lowest BCUT2D eigenvalue weighted by molar-refractivity contribution is -0.131. The molecular formula is C16H25N3O3. The summed E-state index contributed by atoms with van der Waals surface area (Å²) >= 11 is 0.